The van der Waals surface area contributed by atoms with Crippen LogP contribution in [0.2, 0.25) is 0 Å². The van der Waals surface area contributed by atoms with Gasteiger partial charge >= 0.3 is 0 Å². The van der Waals surface area contributed by atoms with Gasteiger partial charge in [0.25, 0.3) is 5.91 Å². The van der Waals surface area contributed by atoms with Crippen LogP contribution in [0.1, 0.15) is 28.2 Å². The van der Waals surface area contributed by atoms with Crippen molar-refractivity contribution in [2.75, 3.05) is 0 Å². The Morgan fingerprint density at radius 1 is 1.05 bits per heavy atom. The average Bonchev–Trinajstić information content (AvgIpc) is 3.06. The molecule has 0 unspecified atom stereocenters. The average molecular weight is 308 g/mol. The SMILES string of the molecule is C[C@@H](NC(=O)c1ccc(-c2ccncc2)s1)c1ccccc1. The lowest BCUT2D eigenvalue weighted by atomic mass is 10.1. The molecule has 2 heterocycles. The molecule has 0 fully saturated rings. The first-order valence-electron chi connectivity index (χ1n) is 7.10. The van der Waals surface area contributed by atoms with Gasteiger partial charge in [-0.05, 0) is 42.3 Å². The van der Waals surface area contributed by atoms with Crippen molar-refractivity contribution in [2.24, 2.45) is 0 Å². The second-order valence-electron chi connectivity index (χ2n) is 5.01. The molecule has 0 aliphatic rings. The molecule has 0 bridgehead atoms. The van der Waals surface area contributed by atoms with Crippen LogP contribution < -0.4 is 5.32 Å². The van der Waals surface area contributed by atoms with Crippen LogP contribution in [-0.2, 0) is 0 Å². The van der Waals surface area contributed by atoms with E-state index in [4.69, 9.17) is 0 Å². The number of amides is 1. The molecular formula is C18H16N2OS. The van der Waals surface area contributed by atoms with Gasteiger partial charge in [-0.15, -0.1) is 11.3 Å². The van der Waals surface area contributed by atoms with E-state index >= 15 is 0 Å². The third-order valence-corrected chi connectivity index (χ3v) is 4.57. The highest BCUT2D eigenvalue weighted by Gasteiger charge is 2.13. The third kappa shape index (κ3) is 3.23. The van der Waals surface area contributed by atoms with E-state index in [9.17, 15) is 4.79 Å². The number of aromatic nitrogens is 1. The molecule has 0 saturated carbocycles. The van der Waals surface area contributed by atoms with Crippen molar-refractivity contribution >= 4 is 17.2 Å². The molecule has 4 heteroatoms. The highest BCUT2D eigenvalue weighted by atomic mass is 32.1. The van der Waals surface area contributed by atoms with Crippen molar-refractivity contribution < 1.29 is 4.79 Å². The zero-order valence-corrected chi connectivity index (χ0v) is 13.0. The quantitative estimate of drug-likeness (QED) is 0.780. The number of nitrogens with zero attached hydrogens (tertiary/aromatic N) is 1. The number of carbonyl (C=O) groups is 1. The predicted octanol–water partition coefficient (Wildman–Crippen LogP) is 4.30. The van der Waals surface area contributed by atoms with Crippen LogP contribution in [0, 0.1) is 0 Å². The Kier molecular flexibility index (Phi) is 4.30. The number of hydrogen-bond donors (Lipinski definition) is 1. The molecule has 0 aliphatic carbocycles. The summed E-state index contributed by atoms with van der Waals surface area (Å²) in [7, 11) is 0. The molecule has 0 saturated heterocycles. The largest absolute Gasteiger partial charge is 0.345 e. The maximum Gasteiger partial charge on any atom is 0.261 e. The van der Waals surface area contributed by atoms with E-state index in [1.165, 1.54) is 11.3 Å². The number of rotatable bonds is 4. The van der Waals surface area contributed by atoms with Crippen molar-refractivity contribution in [1.82, 2.24) is 10.3 Å². The van der Waals surface area contributed by atoms with Gasteiger partial charge in [0.15, 0.2) is 0 Å². The van der Waals surface area contributed by atoms with Gasteiger partial charge in [-0.2, -0.15) is 0 Å². The smallest absolute Gasteiger partial charge is 0.261 e. The van der Waals surface area contributed by atoms with Crippen LogP contribution in [0.25, 0.3) is 10.4 Å². The van der Waals surface area contributed by atoms with Crippen LogP contribution in [-0.4, -0.2) is 10.9 Å². The summed E-state index contributed by atoms with van der Waals surface area (Å²) in [6.07, 6.45) is 3.51. The zero-order chi connectivity index (χ0) is 15.4. The molecule has 0 radical (unpaired) electrons. The van der Waals surface area contributed by atoms with Crippen LogP contribution in [0.3, 0.4) is 0 Å². The minimum absolute atomic E-state index is 0.0137. The van der Waals surface area contributed by atoms with Gasteiger partial charge in [0, 0.05) is 17.3 Å². The molecule has 0 spiro atoms. The summed E-state index contributed by atoms with van der Waals surface area (Å²) in [5.41, 5.74) is 2.18. The Morgan fingerprint density at radius 2 is 1.77 bits per heavy atom. The molecule has 3 aromatic rings. The van der Waals surface area contributed by atoms with Gasteiger partial charge < -0.3 is 5.32 Å². The van der Waals surface area contributed by atoms with Crippen LogP contribution in [0.15, 0.2) is 67.0 Å². The molecule has 3 nitrogen and oxygen atoms in total. The molecule has 2 aromatic heterocycles. The van der Waals surface area contributed by atoms with Gasteiger partial charge in [-0.25, -0.2) is 0 Å². The van der Waals surface area contributed by atoms with Crippen LogP contribution >= 0.6 is 11.3 Å². The second-order valence-corrected chi connectivity index (χ2v) is 6.09. The topological polar surface area (TPSA) is 42.0 Å². The number of benzene rings is 1. The second kappa shape index (κ2) is 6.54. The van der Waals surface area contributed by atoms with Gasteiger partial charge in [-0.3, -0.25) is 9.78 Å². The highest BCUT2D eigenvalue weighted by Crippen LogP contribution is 2.27. The van der Waals surface area contributed by atoms with E-state index in [0.717, 1.165) is 20.9 Å². The summed E-state index contributed by atoms with van der Waals surface area (Å²) in [5, 5.41) is 3.04. The summed E-state index contributed by atoms with van der Waals surface area (Å²) in [6.45, 7) is 1.99. The number of hydrogen-bond acceptors (Lipinski definition) is 3. The Morgan fingerprint density at radius 3 is 2.50 bits per heavy atom. The van der Waals surface area contributed by atoms with E-state index in [1.54, 1.807) is 12.4 Å². The van der Waals surface area contributed by atoms with Crippen molar-refractivity contribution in [2.45, 2.75) is 13.0 Å². The maximum atomic E-state index is 12.4. The summed E-state index contributed by atoms with van der Waals surface area (Å²) in [5.74, 6) is -0.0401. The standard InChI is InChI=1S/C18H16N2OS/c1-13(14-5-3-2-4-6-14)20-18(21)17-8-7-16(22-17)15-9-11-19-12-10-15/h2-13H,1H3,(H,20,21)/t13-/m1/s1. The van der Waals surface area contributed by atoms with Gasteiger partial charge in [0.05, 0.1) is 10.9 Å². The first-order chi connectivity index (χ1) is 10.7. The van der Waals surface area contributed by atoms with Crippen molar-refractivity contribution in [1.29, 1.82) is 0 Å². The van der Waals surface area contributed by atoms with E-state index in [0.29, 0.717) is 0 Å². The third-order valence-electron chi connectivity index (χ3n) is 3.44. The lowest BCUT2D eigenvalue weighted by Crippen LogP contribution is -2.25. The molecule has 3 rings (SSSR count). The van der Waals surface area contributed by atoms with Crippen LogP contribution in [0.4, 0.5) is 0 Å². The van der Waals surface area contributed by atoms with Gasteiger partial charge in [0.1, 0.15) is 0 Å². The summed E-state index contributed by atoms with van der Waals surface area (Å²) < 4.78 is 0. The monoisotopic (exact) mass is 308 g/mol. The van der Waals surface area contributed by atoms with E-state index in [1.807, 2.05) is 61.5 Å². The zero-order valence-electron chi connectivity index (χ0n) is 12.2. The van der Waals surface area contributed by atoms with Gasteiger partial charge in [0.2, 0.25) is 0 Å². The summed E-state index contributed by atoms with van der Waals surface area (Å²) >= 11 is 1.49. The highest BCUT2D eigenvalue weighted by molar-refractivity contribution is 7.17. The number of thiophene rings is 1. The first-order valence-corrected chi connectivity index (χ1v) is 7.92. The molecule has 1 amide bonds. The first kappa shape index (κ1) is 14.5. The normalized spacial score (nSPS) is 11.9. The summed E-state index contributed by atoms with van der Waals surface area (Å²) in [6, 6.07) is 17.7. The molecule has 22 heavy (non-hydrogen) atoms. The van der Waals surface area contributed by atoms with Crippen molar-refractivity contribution in [3.63, 3.8) is 0 Å². The molecule has 110 valence electrons. The molecular weight excluding hydrogens is 292 g/mol. The fourth-order valence-corrected chi connectivity index (χ4v) is 3.14. The lowest BCUT2D eigenvalue weighted by Gasteiger charge is -2.13. The molecule has 1 atom stereocenters. The minimum atomic E-state index is -0.0401. The molecule has 1 N–H and O–H groups in total. The van der Waals surface area contributed by atoms with E-state index < -0.39 is 0 Å². The maximum absolute atomic E-state index is 12.4. The fourth-order valence-electron chi connectivity index (χ4n) is 2.22. The van der Waals surface area contributed by atoms with Crippen LogP contribution in [0.5, 0.6) is 0 Å². The van der Waals surface area contributed by atoms with Crippen molar-refractivity contribution in [3.05, 3.63) is 77.4 Å². The number of pyridine rings is 1. The van der Waals surface area contributed by atoms with Gasteiger partial charge in [-0.1, -0.05) is 30.3 Å². The Hall–Kier alpha value is -2.46. The fraction of sp³-hybridized carbons (Fsp3) is 0.111. The van der Waals surface area contributed by atoms with Crippen molar-refractivity contribution in [3.8, 4) is 10.4 Å². The Labute approximate surface area is 133 Å². The summed E-state index contributed by atoms with van der Waals surface area (Å²) in [4.78, 5) is 18.2. The Bertz CT molecular complexity index is 753. The number of carbonyl (C=O) groups excluding carboxylic acids is 1. The van der Waals surface area contributed by atoms with E-state index in [2.05, 4.69) is 10.3 Å². The minimum Gasteiger partial charge on any atom is -0.345 e. The Balaban J connectivity index is 1.72. The predicted molar refractivity (Wildman–Crippen MR) is 89.9 cm³/mol. The molecule has 0 aliphatic heterocycles. The number of nitrogens with one attached hydrogen (secondary N) is 1. The molecule has 1 aromatic carbocycles. The van der Waals surface area contributed by atoms with E-state index in [-0.39, 0.29) is 11.9 Å². The lowest BCUT2D eigenvalue weighted by molar-refractivity contribution is 0.0944.